The highest BCUT2D eigenvalue weighted by atomic mass is 16.5. The molecule has 1 atom stereocenters. The number of furan rings is 1. The van der Waals surface area contributed by atoms with Crippen LogP contribution in [0.25, 0.3) is 0 Å². The summed E-state index contributed by atoms with van der Waals surface area (Å²) in [7, 11) is 1.57. The topological polar surface area (TPSA) is 93.6 Å². The van der Waals surface area contributed by atoms with Gasteiger partial charge in [0.25, 0.3) is 5.91 Å². The fourth-order valence-corrected chi connectivity index (χ4v) is 3.03. The second kappa shape index (κ2) is 6.97. The lowest BCUT2D eigenvalue weighted by Crippen LogP contribution is -2.48. The van der Waals surface area contributed by atoms with Gasteiger partial charge in [-0.1, -0.05) is 5.21 Å². The number of carbonyl (C=O) groups is 1. The smallest absolute Gasteiger partial charge is 0.289 e. The number of β-amino-alcohol motifs (C(OH)–C–C–N with tert-alkyl or cyclic N) is 1. The van der Waals surface area contributed by atoms with Crippen LogP contribution in [0.5, 0.6) is 0 Å². The maximum Gasteiger partial charge on any atom is 0.289 e. The fourth-order valence-electron chi connectivity index (χ4n) is 3.03. The predicted octanol–water partition coefficient (Wildman–Crippen LogP) is 1.72. The first kappa shape index (κ1) is 17.6. The molecular weight excluding hydrogens is 324 g/mol. The number of methoxy groups -OCH3 is 1. The van der Waals surface area contributed by atoms with Crippen molar-refractivity contribution in [1.82, 2.24) is 19.9 Å². The second-order valence-electron chi connectivity index (χ2n) is 6.74. The Morgan fingerprint density at radius 3 is 2.96 bits per heavy atom. The van der Waals surface area contributed by atoms with Crippen LogP contribution in [0.3, 0.4) is 0 Å². The van der Waals surface area contributed by atoms with Gasteiger partial charge in [0.1, 0.15) is 23.7 Å². The molecule has 1 amide bonds. The molecule has 8 nitrogen and oxygen atoms in total. The van der Waals surface area contributed by atoms with E-state index in [0.717, 1.165) is 0 Å². The van der Waals surface area contributed by atoms with Gasteiger partial charge in [-0.15, -0.1) is 5.10 Å². The Bertz CT molecular complexity index is 739. The summed E-state index contributed by atoms with van der Waals surface area (Å²) < 4.78 is 12.2. The standard InChI is InChI=1S/C17H24N4O4/c1-12(2)21-9-15(18-19-21)17(23)7-4-8-20(11-17)16(22)14-6-5-13(25-14)10-24-3/h5-6,9,12,23H,4,7-8,10-11H2,1-3H3/t17-/m1/s1. The number of aliphatic hydroxyl groups is 1. The number of amides is 1. The number of ether oxygens (including phenoxy) is 1. The number of hydrogen-bond acceptors (Lipinski definition) is 6. The molecule has 3 heterocycles. The van der Waals surface area contributed by atoms with Crippen LogP contribution in [-0.4, -0.2) is 51.1 Å². The summed E-state index contributed by atoms with van der Waals surface area (Å²) in [5.41, 5.74) is -0.693. The van der Waals surface area contributed by atoms with E-state index in [0.29, 0.717) is 37.4 Å². The molecule has 1 fully saturated rings. The minimum Gasteiger partial charge on any atom is -0.453 e. The van der Waals surface area contributed by atoms with Crippen molar-refractivity contribution in [1.29, 1.82) is 0 Å². The summed E-state index contributed by atoms with van der Waals surface area (Å²) in [6.45, 7) is 5.04. The van der Waals surface area contributed by atoms with Gasteiger partial charge in [0.2, 0.25) is 0 Å². The lowest BCUT2D eigenvalue weighted by molar-refractivity contribution is -0.0328. The zero-order valence-electron chi connectivity index (χ0n) is 14.8. The highest BCUT2D eigenvalue weighted by Gasteiger charge is 2.40. The molecule has 1 saturated heterocycles. The Morgan fingerprint density at radius 1 is 1.48 bits per heavy atom. The van der Waals surface area contributed by atoms with Crippen LogP contribution in [0.2, 0.25) is 0 Å². The molecule has 0 saturated carbocycles. The minimum absolute atomic E-state index is 0.161. The van der Waals surface area contributed by atoms with E-state index in [9.17, 15) is 9.90 Å². The van der Waals surface area contributed by atoms with Crippen LogP contribution in [-0.2, 0) is 16.9 Å². The number of nitrogens with zero attached hydrogens (tertiary/aromatic N) is 4. The van der Waals surface area contributed by atoms with Crippen LogP contribution in [0.1, 0.15) is 54.7 Å². The van der Waals surface area contributed by atoms with Crippen molar-refractivity contribution in [3.05, 3.63) is 35.5 Å². The van der Waals surface area contributed by atoms with Crippen LogP contribution < -0.4 is 0 Å². The molecule has 1 N–H and O–H groups in total. The van der Waals surface area contributed by atoms with Crippen molar-refractivity contribution in [2.24, 2.45) is 0 Å². The number of likely N-dealkylation sites (tertiary alicyclic amines) is 1. The molecule has 2 aromatic heterocycles. The molecule has 0 aromatic carbocycles. The number of hydrogen-bond donors (Lipinski definition) is 1. The molecule has 8 heteroatoms. The fraction of sp³-hybridized carbons (Fsp3) is 0.588. The molecule has 0 bridgehead atoms. The monoisotopic (exact) mass is 348 g/mol. The third-order valence-corrected chi connectivity index (χ3v) is 4.43. The molecular formula is C17H24N4O4. The molecule has 2 aromatic rings. The molecule has 3 rings (SSSR count). The molecule has 0 spiro atoms. The SMILES string of the molecule is COCc1ccc(C(=O)N2CCC[C@](O)(c3cn(C(C)C)nn3)C2)o1. The Morgan fingerprint density at radius 2 is 2.28 bits per heavy atom. The van der Waals surface area contributed by atoms with Gasteiger partial charge in [-0.3, -0.25) is 4.79 Å². The first-order valence-corrected chi connectivity index (χ1v) is 8.44. The van der Waals surface area contributed by atoms with Crippen molar-refractivity contribution in [3.8, 4) is 0 Å². The summed E-state index contributed by atoms with van der Waals surface area (Å²) in [5.74, 6) is 0.608. The van der Waals surface area contributed by atoms with Crippen molar-refractivity contribution >= 4 is 5.91 Å². The van der Waals surface area contributed by atoms with E-state index in [1.54, 1.807) is 35.0 Å². The van der Waals surface area contributed by atoms with Crippen molar-refractivity contribution in [2.45, 2.75) is 44.9 Å². The van der Waals surface area contributed by atoms with Crippen LogP contribution >= 0.6 is 0 Å². The zero-order valence-corrected chi connectivity index (χ0v) is 14.8. The molecule has 0 unspecified atom stereocenters. The van der Waals surface area contributed by atoms with Gasteiger partial charge in [-0.25, -0.2) is 4.68 Å². The first-order chi connectivity index (χ1) is 11.9. The van der Waals surface area contributed by atoms with Gasteiger partial charge in [0.05, 0.1) is 12.7 Å². The lowest BCUT2D eigenvalue weighted by Gasteiger charge is -2.37. The average molecular weight is 348 g/mol. The Labute approximate surface area is 146 Å². The highest BCUT2D eigenvalue weighted by molar-refractivity contribution is 5.91. The average Bonchev–Trinajstić information content (AvgIpc) is 3.24. The third-order valence-electron chi connectivity index (χ3n) is 4.43. The van der Waals surface area contributed by atoms with Gasteiger partial charge in [0.15, 0.2) is 5.76 Å². The van der Waals surface area contributed by atoms with E-state index in [-0.39, 0.29) is 24.3 Å². The van der Waals surface area contributed by atoms with Gasteiger partial charge >= 0.3 is 0 Å². The second-order valence-corrected chi connectivity index (χ2v) is 6.74. The van der Waals surface area contributed by atoms with Crippen molar-refractivity contribution in [3.63, 3.8) is 0 Å². The largest absolute Gasteiger partial charge is 0.453 e. The molecule has 1 aliphatic heterocycles. The van der Waals surface area contributed by atoms with E-state index < -0.39 is 5.60 Å². The third kappa shape index (κ3) is 3.59. The summed E-state index contributed by atoms with van der Waals surface area (Å²) >= 11 is 0. The molecule has 0 aliphatic carbocycles. The first-order valence-electron chi connectivity index (χ1n) is 8.44. The van der Waals surface area contributed by atoms with Crippen molar-refractivity contribution < 1.29 is 19.1 Å². The Kier molecular flexibility index (Phi) is 4.91. The van der Waals surface area contributed by atoms with Gasteiger partial charge < -0.3 is 19.2 Å². The molecule has 136 valence electrons. The minimum atomic E-state index is -1.19. The number of carbonyl (C=O) groups excluding carboxylic acids is 1. The maximum atomic E-state index is 12.7. The Hall–Kier alpha value is -2.19. The highest BCUT2D eigenvalue weighted by Crippen LogP contribution is 2.31. The summed E-state index contributed by atoms with van der Waals surface area (Å²) in [5, 5.41) is 19.2. The van der Waals surface area contributed by atoms with E-state index in [1.807, 2.05) is 13.8 Å². The van der Waals surface area contributed by atoms with E-state index in [4.69, 9.17) is 9.15 Å². The van der Waals surface area contributed by atoms with Gasteiger partial charge in [0, 0.05) is 19.7 Å². The quantitative estimate of drug-likeness (QED) is 0.884. The zero-order chi connectivity index (χ0) is 18.0. The lowest BCUT2D eigenvalue weighted by atomic mass is 9.90. The molecule has 1 aliphatic rings. The van der Waals surface area contributed by atoms with E-state index in [1.165, 1.54) is 0 Å². The number of rotatable bonds is 5. The van der Waals surface area contributed by atoms with E-state index in [2.05, 4.69) is 10.3 Å². The Balaban J connectivity index is 1.75. The van der Waals surface area contributed by atoms with Crippen molar-refractivity contribution in [2.75, 3.05) is 20.2 Å². The maximum absolute atomic E-state index is 12.7. The van der Waals surface area contributed by atoms with E-state index >= 15 is 0 Å². The van der Waals surface area contributed by atoms with Crippen LogP contribution in [0.15, 0.2) is 22.7 Å². The van der Waals surface area contributed by atoms with Gasteiger partial charge in [-0.2, -0.15) is 0 Å². The summed E-state index contributed by atoms with van der Waals surface area (Å²) in [4.78, 5) is 14.3. The number of aromatic nitrogens is 3. The predicted molar refractivity (Wildman–Crippen MR) is 88.9 cm³/mol. The summed E-state index contributed by atoms with van der Waals surface area (Å²) in [6, 6.07) is 3.52. The van der Waals surface area contributed by atoms with Crippen LogP contribution in [0.4, 0.5) is 0 Å². The van der Waals surface area contributed by atoms with Crippen LogP contribution in [0, 0.1) is 0 Å². The normalized spacial score (nSPS) is 21.1. The summed E-state index contributed by atoms with van der Waals surface area (Å²) in [6.07, 6.45) is 2.98. The molecule has 0 radical (unpaired) electrons. The molecule has 25 heavy (non-hydrogen) atoms. The van der Waals surface area contributed by atoms with Gasteiger partial charge in [-0.05, 0) is 38.8 Å². The number of piperidine rings is 1.